The van der Waals surface area contributed by atoms with Gasteiger partial charge in [-0.1, -0.05) is 116 Å². The minimum Gasteiger partial charge on any atom is -0.480 e. The molecule has 4 aromatic heterocycles. The summed E-state index contributed by atoms with van der Waals surface area (Å²) in [5.74, 6) is 0.656. The van der Waals surface area contributed by atoms with Crippen LogP contribution >= 0.6 is 35.6 Å². The van der Waals surface area contributed by atoms with Gasteiger partial charge in [-0.25, -0.2) is 29.5 Å². The molecule has 0 bridgehead atoms. The number of carboxylic acid groups (broad SMARTS) is 1. The van der Waals surface area contributed by atoms with Gasteiger partial charge in [0.05, 0.1) is 53.4 Å². The number of para-hydroxylation sites is 4. The van der Waals surface area contributed by atoms with Gasteiger partial charge in [-0.05, 0) is 134 Å². The molecule has 20 nitrogen and oxygen atoms in total. The SMILES string of the molecule is C.CC(C)(C)OC(=O)N1CCC[C@H]1C(=O)O.Cl.N[C@H]1CCC[C@@H](Nc2ncc(Cl)c(-c3cn(-c4ccccc4)c4ccccc34)n2)C1.O=C(N[C@H]1CCC[C@@H](Nc2ncc(Cl)c(-c3cn(-c4ccccc4)c4ccccc34)n2)C1)C1CCCC1.O=S=O.O=S=O.[2H]CF. The number of alkyl halides is 1. The van der Waals surface area contributed by atoms with E-state index in [1.54, 1.807) is 33.2 Å². The van der Waals surface area contributed by atoms with Crippen LogP contribution in [0.3, 0.4) is 0 Å². The Morgan fingerprint density at radius 2 is 1.09 bits per heavy atom. The lowest BCUT2D eigenvalue weighted by Crippen LogP contribution is -2.43. The maximum atomic E-state index is 12.7. The Kier molecular flexibility index (Phi) is 29.6. The number of hydrogen-bond acceptors (Lipinski definition) is 15. The number of fused-ring (bicyclic) bond motifs is 2. The zero-order valence-electron chi connectivity index (χ0n) is 51.8. The number of rotatable bonds is 11. The second-order valence-corrected chi connectivity index (χ2v) is 24.2. The van der Waals surface area contributed by atoms with Gasteiger partial charge in [0.15, 0.2) is 0 Å². The summed E-state index contributed by atoms with van der Waals surface area (Å²) in [5, 5.41) is 22.5. The minimum absolute atomic E-state index is 0. The number of nitrogens with two attached hydrogens (primary N) is 1. The average molecular weight is 1360 g/mol. The predicted molar refractivity (Wildman–Crippen MR) is 365 cm³/mol. The molecule has 6 N–H and O–H groups in total. The first-order valence-electron chi connectivity index (χ1n) is 30.5. The van der Waals surface area contributed by atoms with Crippen molar-refractivity contribution in [3.8, 4) is 33.9 Å². The van der Waals surface area contributed by atoms with Gasteiger partial charge < -0.3 is 40.7 Å². The van der Waals surface area contributed by atoms with Crippen molar-refractivity contribution in [3.05, 3.63) is 144 Å². The first kappa shape index (κ1) is 73.4. The van der Waals surface area contributed by atoms with Crippen molar-refractivity contribution in [1.29, 1.82) is 0 Å². The van der Waals surface area contributed by atoms with E-state index in [0.717, 1.165) is 121 Å². The summed E-state index contributed by atoms with van der Waals surface area (Å²) in [6, 6.07) is 37.4. The summed E-state index contributed by atoms with van der Waals surface area (Å²) in [5.41, 5.74) is 13.4. The molecule has 494 valence electrons. The molecule has 1 saturated heterocycles. The number of amides is 2. The van der Waals surface area contributed by atoms with Crippen LogP contribution in [-0.4, -0.2) is 123 Å². The Bertz CT molecular complexity index is 3750. The lowest BCUT2D eigenvalue weighted by Gasteiger charge is -2.31. The Morgan fingerprint density at radius 1 is 0.652 bits per heavy atom. The van der Waals surface area contributed by atoms with Crippen molar-refractivity contribution in [2.24, 2.45) is 11.7 Å². The molecule has 4 fully saturated rings. The number of nitrogens with zero attached hydrogens (tertiary/aromatic N) is 7. The van der Waals surface area contributed by atoms with Crippen LogP contribution in [0, 0.1) is 5.92 Å². The molecule has 5 heterocycles. The molecule has 3 saturated carbocycles. The molecule has 4 aromatic carbocycles. The normalized spacial score (nSPS) is 18.4. The number of nitrogens with one attached hydrogen (secondary N) is 3. The van der Waals surface area contributed by atoms with Gasteiger partial charge in [0, 0.05) is 82.3 Å². The highest BCUT2D eigenvalue weighted by Crippen LogP contribution is 2.38. The Hall–Kier alpha value is -7.67. The zero-order valence-corrected chi connectivity index (χ0v) is 54.7. The zero-order chi connectivity index (χ0) is 65.5. The Labute approximate surface area is 561 Å². The second kappa shape index (κ2) is 37.1. The number of aliphatic carboxylic acids is 1. The van der Waals surface area contributed by atoms with Crippen LogP contribution in [0.2, 0.25) is 10.0 Å². The number of anilines is 2. The van der Waals surface area contributed by atoms with Crippen LogP contribution < -0.4 is 21.7 Å². The molecule has 5 atom stereocenters. The standard InChI is InChI=1S/C30H32ClN5O.C24H24ClN5.C10H17NO4.CH3F.CH4.ClH.2O2S/c31-26-18-32-30(34-22-12-8-11-21(17-22)33-29(37)20-9-4-5-10-20)35-28(26)25-19-36(23-13-2-1-3-14-23)27-16-7-6-15-24(25)27;25-21-14-27-24(28-17-8-6-7-16(26)13-17)29-23(21)20-15-30(18-9-2-1-3-10-18)22-12-5-4-11-19(20)22;1-10(2,3)15-9(14)11-6-4-5-7(11)8(12)13;1-2;;;2*1-3-2/h1-3,6-7,13-16,18-22H,4-5,8-12,17H2,(H,33,37)(H,32,34,35);1-5,9-12,14-17H,6-8,13,26H2,(H,27,28,29);7H,4-6H2,1-3H3,(H,12,13);1H3;1H4;1H;;/t21-,22+;16-,17+;7-;;;;;/m000...../s1/i;;;1D;;;;. The van der Waals surface area contributed by atoms with Crippen molar-refractivity contribution >= 4 is 110 Å². The molecule has 0 spiro atoms. The van der Waals surface area contributed by atoms with E-state index in [0.29, 0.717) is 46.6 Å². The fraction of sp³-hybridized carbons (Fsp3) is 0.409. The van der Waals surface area contributed by atoms with Gasteiger partial charge in [0.25, 0.3) is 0 Å². The summed E-state index contributed by atoms with van der Waals surface area (Å²) in [6.07, 6.45) is 20.9. The van der Waals surface area contributed by atoms with E-state index in [-0.39, 0.29) is 49.8 Å². The Morgan fingerprint density at radius 3 is 1.54 bits per heavy atom. The number of halogens is 4. The van der Waals surface area contributed by atoms with Gasteiger partial charge >= 0.3 is 35.2 Å². The molecule has 0 radical (unpaired) electrons. The van der Waals surface area contributed by atoms with Crippen molar-refractivity contribution in [3.63, 3.8) is 0 Å². The highest BCUT2D eigenvalue weighted by Gasteiger charge is 2.37. The van der Waals surface area contributed by atoms with Crippen molar-refractivity contribution in [2.75, 3.05) is 24.3 Å². The quantitative estimate of drug-likeness (QED) is 0.0805. The van der Waals surface area contributed by atoms with Gasteiger partial charge in [0.1, 0.15) is 11.6 Å². The van der Waals surface area contributed by atoms with Crippen molar-refractivity contribution in [1.82, 2.24) is 39.3 Å². The summed E-state index contributed by atoms with van der Waals surface area (Å²) >= 11 is 11.7. The van der Waals surface area contributed by atoms with Crippen LogP contribution in [0.1, 0.15) is 119 Å². The van der Waals surface area contributed by atoms with Gasteiger partial charge in [-0.15, -0.1) is 12.4 Å². The predicted octanol–water partition coefficient (Wildman–Crippen LogP) is 14.0. The number of ether oxygens (including phenoxy) is 1. The van der Waals surface area contributed by atoms with Crippen molar-refractivity contribution < 1.29 is 46.8 Å². The minimum atomic E-state index is -1.00. The monoisotopic (exact) mass is 1360 g/mol. The molecular weight excluding hydrogens is 1280 g/mol. The van der Waals surface area contributed by atoms with E-state index in [4.69, 9.17) is 67.0 Å². The van der Waals surface area contributed by atoms with Crippen LogP contribution in [-0.2, 0) is 37.5 Å². The summed E-state index contributed by atoms with van der Waals surface area (Å²) in [4.78, 5) is 55.0. The largest absolute Gasteiger partial charge is 0.480 e. The molecule has 3 aliphatic carbocycles. The average Bonchev–Trinajstić information content (AvgIpc) is 1.64. The number of carbonyl (C=O) groups is 3. The van der Waals surface area contributed by atoms with Gasteiger partial charge in [-0.3, -0.25) is 14.1 Å². The van der Waals surface area contributed by atoms with Crippen LogP contribution in [0.15, 0.2) is 134 Å². The first-order chi connectivity index (χ1) is 43.9. The maximum absolute atomic E-state index is 12.7. The van der Waals surface area contributed by atoms with Crippen LogP contribution in [0.4, 0.5) is 21.1 Å². The fourth-order valence-electron chi connectivity index (χ4n) is 11.8. The van der Waals surface area contributed by atoms with Gasteiger partial charge in [-0.2, -0.15) is 16.8 Å². The molecule has 2 amide bonds. The topological polar surface area (TPSA) is 276 Å². The number of aromatic nitrogens is 6. The van der Waals surface area contributed by atoms with E-state index in [9.17, 15) is 18.8 Å². The molecule has 1 aliphatic heterocycles. The molecule has 0 unspecified atom stereocenters. The maximum Gasteiger partial charge on any atom is 0.411 e. The first-order valence-corrected chi connectivity index (χ1v) is 31.9. The molecule has 8 aromatic rings. The van der Waals surface area contributed by atoms with E-state index in [2.05, 4.69) is 96.0 Å². The van der Waals surface area contributed by atoms with E-state index in [1.807, 2.05) is 60.7 Å². The van der Waals surface area contributed by atoms with E-state index < -0.39 is 54.0 Å². The molecular formula is C66H81Cl3FN11O9S2. The number of benzene rings is 4. The number of carboxylic acids is 1. The van der Waals surface area contributed by atoms with E-state index in [1.165, 1.54) is 17.7 Å². The molecule has 92 heavy (non-hydrogen) atoms. The number of hydrogen-bond donors (Lipinski definition) is 5. The third-order valence-corrected chi connectivity index (χ3v) is 16.3. The highest BCUT2D eigenvalue weighted by molar-refractivity contribution is 7.52. The van der Waals surface area contributed by atoms with Gasteiger partial charge in [0.2, 0.25) is 17.8 Å². The van der Waals surface area contributed by atoms with Crippen LogP contribution in [0.5, 0.6) is 0 Å². The highest BCUT2D eigenvalue weighted by atomic mass is 35.5. The molecule has 26 heteroatoms. The molecule has 12 rings (SSSR count). The molecule has 4 aliphatic rings. The van der Waals surface area contributed by atoms with Crippen molar-refractivity contribution in [2.45, 2.75) is 154 Å². The number of likely N-dealkylation sites (tertiary alicyclic amines) is 1. The lowest BCUT2D eigenvalue weighted by atomic mass is 9.90. The summed E-state index contributed by atoms with van der Waals surface area (Å²) < 4.78 is 58.1. The summed E-state index contributed by atoms with van der Waals surface area (Å²) in [7, 11) is -1.00. The Balaban J connectivity index is 0.000000250. The smallest absolute Gasteiger partial charge is 0.411 e. The second-order valence-electron chi connectivity index (χ2n) is 23.1. The van der Waals surface area contributed by atoms with E-state index >= 15 is 0 Å². The number of carbonyl (C=O) groups excluding carboxylic acids is 2. The summed E-state index contributed by atoms with van der Waals surface area (Å²) in [6.45, 7) is 5.75. The third kappa shape index (κ3) is 20.7. The fourth-order valence-corrected chi connectivity index (χ4v) is 12.2. The lowest BCUT2D eigenvalue weighted by molar-refractivity contribution is -0.142. The van der Waals surface area contributed by atoms with Crippen LogP contribution in [0.25, 0.3) is 55.7 Å². The third-order valence-electron chi connectivity index (χ3n) is 15.8.